The number of aliphatic imine (C=N–C) groups is 1. The molecular weight excluding hydrogens is 272 g/mol. The molecule has 0 atom stereocenters. The highest BCUT2D eigenvalue weighted by Gasteiger charge is 2.14. The van der Waals surface area contributed by atoms with Crippen molar-refractivity contribution in [1.29, 1.82) is 0 Å². The normalized spacial score (nSPS) is 11.4. The fourth-order valence-electron chi connectivity index (χ4n) is 1.78. The minimum absolute atomic E-state index is 0.0750. The zero-order chi connectivity index (χ0) is 14.7. The highest BCUT2D eigenvalue weighted by atomic mass is 32.1. The molecule has 0 bridgehead atoms. The van der Waals surface area contributed by atoms with Crippen molar-refractivity contribution < 1.29 is 4.79 Å². The van der Waals surface area contributed by atoms with E-state index in [4.69, 9.17) is 5.73 Å². The lowest BCUT2D eigenvalue weighted by Crippen LogP contribution is -2.36. The number of thiazole rings is 1. The molecule has 0 fully saturated rings. The summed E-state index contributed by atoms with van der Waals surface area (Å²) in [5.74, 6) is -0.201. The highest BCUT2D eigenvalue weighted by Crippen LogP contribution is 2.17. The predicted molar refractivity (Wildman–Crippen MR) is 81.5 cm³/mol. The number of benzene rings is 1. The summed E-state index contributed by atoms with van der Waals surface area (Å²) in [7, 11) is 0. The van der Waals surface area contributed by atoms with Crippen LogP contribution in [0.2, 0.25) is 0 Å². The molecule has 5 nitrogen and oxygen atoms in total. The Balaban J connectivity index is 2.13. The molecule has 0 saturated carbocycles. The number of nitrogens with two attached hydrogens (primary N) is 1. The zero-order valence-corrected chi connectivity index (χ0v) is 12.4. The number of aromatic nitrogens is 1. The van der Waals surface area contributed by atoms with E-state index < -0.39 is 0 Å². The number of nitrogens with one attached hydrogen (secondary N) is 1. The summed E-state index contributed by atoms with van der Waals surface area (Å²) in [5, 5.41) is 3.43. The lowest BCUT2D eigenvalue weighted by atomic mass is 10.2. The SMILES string of the molecule is Cc1cccc(N=C(N)NC(=O)c2sc(C)nc2C)c1. The van der Waals surface area contributed by atoms with Crippen LogP contribution in [-0.2, 0) is 0 Å². The molecule has 6 heteroatoms. The maximum Gasteiger partial charge on any atom is 0.269 e. The third-order valence-corrected chi connectivity index (χ3v) is 3.67. The summed E-state index contributed by atoms with van der Waals surface area (Å²) in [6.07, 6.45) is 0. The van der Waals surface area contributed by atoms with Crippen molar-refractivity contribution in [2.75, 3.05) is 0 Å². The Bertz CT molecular complexity index is 676. The van der Waals surface area contributed by atoms with Gasteiger partial charge in [0.25, 0.3) is 5.91 Å². The molecule has 2 aromatic rings. The Morgan fingerprint density at radius 2 is 2.10 bits per heavy atom. The average molecular weight is 288 g/mol. The minimum Gasteiger partial charge on any atom is -0.369 e. The van der Waals surface area contributed by atoms with Crippen LogP contribution >= 0.6 is 11.3 Å². The first kappa shape index (κ1) is 14.2. The molecular formula is C14H16N4OS. The van der Waals surface area contributed by atoms with Crippen LogP contribution in [0.15, 0.2) is 29.3 Å². The van der Waals surface area contributed by atoms with E-state index in [0.29, 0.717) is 16.3 Å². The molecule has 0 unspecified atom stereocenters. The number of hydrogen-bond acceptors (Lipinski definition) is 4. The largest absolute Gasteiger partial charge is 0.369 e. The van der Waals surface area contributed by atoms with Crippen molar-refractivity contribution in [1.82, 2.24) is 10.3 Å². The summed E-state index contributed by atoms with van der Waals surface area (Å²) in [6.45, 7) is 5.63. The second-order valence-corrected chi connectivity index (χ2v) is 5.64. The Labute approximate surface area is 121 Å². The summed E-state index contributed by atoms with van der Waals surface area (Å²) in [5.41, 5.74) is 8.25. The van der Waals surface area contributed by atoms with Gasteiger partial charge in [0, 0.05) is 0 Å². The average Bonchev–Trinajstić information content (AvgIpc) is 2.68. The lowest BCUT2D eigenvalue weighted by Gasteiger charge is -2.03. The standard InChI is InChI=1S/C14H16N4OS/c1-8-5-4-6-11(7-8)17-14(15)18-13(19)12-9(2)16-10(3)20-12/h4-7H,1-3H3,(H3,15,17,18,19). The zero-order valence-electron chi connectivity index (χ0n) is 11.6. The molecule has 0 aliphatic rings. The lowest BCUT2D eigenvalue weighted by molar-refractivity contribution is 0.0980. The number of guanidine groups is 1. The van der Waals surface area contributed by atoms with E-state index in [0.717, 1.165) is 10.6 Å². The Morgan fingerprint density at radius 3 is 2.70 bits per heavy atom. The summed E-state index contributed by atoms with van der Waals surface area (Å²) < 4.78 is 0. The van der Waals surface area contributed by atoms with Crippen molar-refractivity contribution in [3.8, 4) is 0 Å². The monoisotopic (exact) mass is 288 g/mol. The van der Waals surface area contributed by atoms with E-state index in [2.05, 4.69) is 15.3 Å². The van der Waals surface area contributed by atoms with Gasteiger partial charge in [-0.1, -0.05) is 12.1 Å². The van der Waals surface area contributed by atoms with Crippen molar-refractivity contribution in [3.63, 3.8) is 0 Å². The van der Waals surface area contributed by atoms with Gasteiger partial charge in [-0.15, -0.1) is 11.3 Å². The van der Waals surface area contributed by atoms with Gasteiger partial charge >= 0.3 is 0 Å². The van der Waals surface area contributed by atoms with Crippen LogP contribution in [0, 0.1) is 20.8 Å². The molecule has 0 radical (unpaired) electrons. The van der Waals surface area contributed by atoms with E-state index in [9.17, 15) is 4.79 Å². The number of carbonyl (C=O) groups excluding carboxylic acids is 1. The van der Waals surface area contributed by atoms with Crippen molar-refractivity contribution >= 4 is 28.9 Å². The molecule has 0 spiro atoms. The van der Waals surface area contributed by atoms with Gasteiger partial charge in [0.1, 0.15) is 4.88 Å². The molecule has 1 heterocycles. The summed E-state index contributed by atoms with van der Waals surface area (Å²) >= 11 is 1.34. The third kappa shape index (κ3) is 3.42. The fraction of sp³-hybridized carbons (Fsp3) is 0.214. The maximum atomic E-state index is 12.0. The molecule has 20 heavy (non-hydrogen) atoms. The number of rotatable bonds is 2. The van der Waals surface area contributed by atoms with Gasteiger partial charge in [0.05, 0.1) is 16.4 Å². The first-order chi connectivity index (χ1) is 9.45. The quantitative estimate of drug-likeness (QED) is 0.658. The Kier molecular flexibility index (Phi) is 4.14. The highest BCUT2D eigenvalue weighted by molar-refractivity contribution is 7.13. The molecule has 1 aromatic carbocycles. The molecule has 104 valence electrons. The van der Waals surface area contributed by atoms with Crippen LogP contribution in [0.5, 0.6) is 0 Å². The Morgan fingerprint density at radius 1 is 1.35 bits per heavy atom. The minimum atomic E-state index is -0.276. The van der Waals surface area contributed by atoms with Crippen molar-refractivity contribution in [3.05, 3.63) is 45.4 Å². The van der Waals surface area contributed by atoms with Gasteiger partial charge in [-0.05, 0) is 38.5 Å². The molecule has 0 aliphatic heterocycles. The molecule has 3 N–H and O–H groups in total. The number of nitrogens with zero attached hydrogens (tertiary/aromatic N) is 2. The van der Waals surface area contributed by atoms with Gasteiger partial charge in [0.15, 0.2) is 0 Å². The molecule has 1 amide bonds. The molecule has 0 aliphatic carbocycles. The molecule has 2 rings (SSSR count). The fourth-order valence-corrected chi connectivity index (χ4v) is 2.59. The van der Waals surface area contributed by atoms with E-state index in [-0.39, 0.29) is 11.9 Å². The van der Waals surface area contributed by atoms with E-state index >= 15 is 0 Å². The van der Waals surface area contributed by atoms with Gasteiger partial charge in [0.2, 0.25) is 5.96 Å². The first-order valence-electron chi connectivity index (χ1n) is 6.12. The second kappa shape index (κ2) is 5.83. The van der Waals surface area contributed by atoms with Crippen LogP contribution < -0.4 is 11.1 Å². The maximum absolute atomic E-state index is 12.0. The summed E-state index contributed by atoms with van der Waals surface area (Å²) in [6, 6.07) is 7.58. The van der Waals surface area contributed by atoms with E-state index in [1.807, 2.05) is 38.1 Å². The molecule has 1 aromatic heterocycles. The van der Waals surface area contributed by atoms with Crippen LogP contribution in [-0.4, -0.2) is 16.9 Å². The number of amides is 1. The molecule has 0 saturated heterocycles. The van der Waals surface area contributed by atoms with Crippen LogP contribution in [0.25, 0.3) is 0 Å². The van der Waals surface area contributed by atoms with Gasteiger partial charge in [-0.2, -0.15) is 0 Å². The third-order valence-electron chi connectivity index (χ3n) is 2.60. The first-order valence-corrected chi connectivity index (χ1v) is 6.93. The second-order valence-electron chi connectivity index (χ2n) is 4.44. The van der Waals surface area contributed by atoms with Crippen LogP contribution in [0.3, 0.4) is 0 Å². The van der Waals surface area contributed by atoms with Crippen LogP contribution in [0.4, 0.5) is 5.69 Å². The van der Waals surface area contributed by atoms with Crippen LogP contribution in [0.1, 0.15) is 25.9 Å². The van der Waals surface area contributed by atoms with E-state index in [1.54, 1.807) is 6.92 Å². The number of hydrogen-bond donors (Lipinski definition) is 2. The van der Waals surface area contributed by atoms with E-state index in [1.165, 1.54) is 11.3 Å². The predicted octanol–water partition coefficient (Wildman–Crippen LogP) is 2.44. The topological polar surface area (TPSA) is 80.4 Å². The number of aryl methyl sites for hydroxylation is 3. The van der Waals surface area contributed by atoms with Crippen molar-refractivity contribution in [2.24, 2.45) is 10.7 Å². The van der Waals surface area contributed by atoms with Gasteiger partial charge in [-0.3, -0.25) is 10.1 Å². The number of carbonyl (C=O) groups is 1. The van der Waals surface area contributed by atoms with Gasteiger partial charge < -0.3 is 5.73 Å². The Hall–Kier alpha value is -2.21. The smallest absolute Gasteiger partial charge is 0.269 e. The summed E-state index contributed by atoms with van der Waals surface area (Å²) in [4.78, 5) is 21.0. The van der Waals surface area contributed by atoms with Crippen molar-refractivity contribution in [2.45, 2.75) is 20.8 Å². The van der Waals surface area contributed by atoms with Gasteiger partial charge in [-0.25, -0.2) is 9.98 Å².